The van der Waals surface area contributed by atoms with E-state index in [1.54, 1.807) is 0 Å². The lowest BCUT2D eigenvalue weighted by atomic mass is 9.94. The maximum Gasteiger partial charge on any atom is 0.326 e. The lowest BCUT2D eigenvalue weighted by Crippen LogP contribution is -2.53. The fourth-order valence-electron chi connectivity index (χ4n) is 2.58. The topological polar surface area (TPSA) is 47.6 Å². The second-order valence-electron chi connectivity index (χ2n) is 6.89. The predicted molar refractivity (Wildman–Crippen MR) is 85.3 cm³/mol. The largest absolute Gasteiger partial charge is 0.465 e. The summed E-state index contributed by atoms with van der Waals surface area (Å²) >= 11 is 0. The molecule has 0 radical (unpaired) electrons. The first-order valence-corrected chi connectivity index (χ1v) is 8.44. The highest BCUT2D eigenvalue weighted by Gasteiger charge is 2.40. The van der Waals surface area contributed by atoms with Crippen molar-refractivity contribution in [2.75, 3.05) is 13.2 Å². The van der Waals surface area contributed by atoms with E-state index in [4.69, 9.17) is 9.47 Å². The van der Waals surface area contributed by atoms with Crippen LogP contribution in [0.25, 0.3) is 0 Å². The summed E-state index contributed by atoms with van der Waals surface area (Å²) in [6.07, 6.45) is 5.27. The zero-order chi connectivity index (χ0) is 15.9. The molecule has 0 spiro atoms. The number of ether oxygens (including phenoxy) is 2. The van der Waals surface area contributed by atoms with E-state index in [9.17, 15) is 4.79 Å². The minimum Gasteiger partial charge on any atom is -0.465 e. The molecule has 124 valence electrons. The van der Waals surface area contributed by atoms with Crippen LogP contribution in [0.3, 0.4) is 0 Å². The highest BCUT2D eigenvalue weighted by atomic mass is 16.5. The smallest absolute Gasteiger partial charge is 0.326 e. The number of hydrogen-bond donors (Lipinski definition) is 1. The molecule has 0 aromatic rings. The monoisotopic (exact) mass is 299 g/mol. The standard InChI is InChI=1S/C17H33NO3/c1-6-20-16(19)17(5,18-15-9-10-15)12-14(4)21-11-7-8-13(2)3/h13-15,18H,6-12H2,1-5H3. The molecule has 4 nitrogen and oxygen atoms in total. The van der Waals surface area contributed by atoms with Crippen molar-refractivity contribution in [2.24, 2.45) is 5.92 Å². The minimum atomic E-state index is -0.630. The fourth-order valence-corrected chi connectivity index (χ4v) is 2.58. The molecule has 2 atom stereocenters. The van der Waals surface area contributed by atoms with E-state index in [1.165, 1.54) is 6.42 Å². The SMILES string of the molecule is CCOC(=O)C(C)(CC(C)OCCCC(C)C)NC1CC1. The van der Waals surface area contributed by atoms with Gasteiger partial charge in [0, 0.05) is 19.1 Å². The second-order valence-corrected chi connectivity index (χ2v) is 6.89. The highest BCUT2D eigenvalue weighted by molar-refractivity contribution is 5.80. The maximum absolute atomic E-state index is 12.2. The summed E-state index contributed by atoms with van der Waals surface area (Å²) in [7, 11) is 0. The van der Waals surface area contributed by atoms with Gasteiger partial charge in [-0.3, -0.25) is 10.1 Å². The number of nitrogens with one attached hydrogen (secondary N) is 1. The maximum atomic E-state index is 12.2. The van der Waals surface area contributed by atoms with Crippen molar-refractivity contribution in [1.29, 1.82) is 0 Å². The molecule has 1 aliphatic carbocycles. The molecule has 1 aliphatic rings. The van der Waals surface area contributed by atoms with E-state index in [0.717, 1.165) is 25.9 Å². The van der Waals surface area contributed by atoms with Gasteiger partial charge in [0.05, 0.1) is 12.7 Å². The Morgan fingerprint density at radius 2 is 2.00 bits per heavy atom. The quantitative estimate of drug-likeness (QED) is 0.470. The third kappa shape index (κ3) is 7.28. The summed E-state index contributed by atoms with van der Waals surface area (Å²) in [5.74, 6) is 0.555. The lowest BCUT2D eigenvalue weighted by Gasteiger charge is -2.31. The first-order chi connectivity index (χ1) is 9.87. The van der Waals surface area contributed by atoms with Crippen LogP contribution in [0.15, 0.2) is 0 Å². The Morgan fingerprint density at radius 3 is 2.52 bits per heavy atom. The van der Waals surface area contributed by atoms with Crippen molar-refractivity contribution >= 4 is 5.97 Å². The Labute approximate surface area is 130 Å². The number of carbonyl (C=O) groups is 1. The van der Waals surface area contributed by atoms with E-state index >= 15 is 0 Å². The van der Waals surface area contributed by atoms with Gasteiger partial charge in [-0.1, -0.05) is 13.8 Å². The molecular weight excluding hydrogens is 266 g/mol. The van der Waals surface area contributed by atoms with Crippen molar-refractivity contribution in [1.82, 2.24) is 5.32 Å². The molecule has 0 aliphatic heterocycles. The summed E-state index contributed by atoms with van der Waals surface area (Å²) in [6.45, 7) is 11.5. The Bertz CT molecular complexity index is 315. The third-order valence-electron chi connectivity index (χ3n) is 3.85. The van der Waals surface area contributed by atoms with Crippen LogP contribution in [0.4, 0.5) is 0 Å². The average molecular weight is 299 g/mol. The number of esters is 1. The molecule has 0 aromatic heterocycles. The van der Waals surface area contributed by atoms with Gasteiger partial charge in [0.1, 0.15) is 5.54 Å². The van der Waals surface area contributed by atoms with E-state index in [0.29, 0.717) is 25.0 Å². The van der Waals surface area contributed by atoms with Gasteiger partial charge in [0.25, 0.3) is 0 Å². The van der Waals surface area contributed by atoms with Crippen molar-refractivity contribution in [2.45, 2.75) is 84.4 Å². The zero-order valence-electron chi connectivity index (χ0n) is 14.4. The Hall–Kier alpha value is -0.610. The van der Waals surface area contributed by atoms with Gasteiger partial charge in [-0.25, -0.2) is 0 Å². The molecular formula is C17H33NO3. The Kier molecular flexibility index (Phi) is 7.67. The Morgan fingerprint density at radius 1 is 1.33 bits per heavy atom. The molecule has 1 fully saturated rings. The Balaban J connectivity index is 2.41. The highest BCUT2D eigenvalue weighted by Crippen LogP contribution is 2.26. The van der Waals surface area contributed by atoms with Gasteiger partial charge in [0.2, 0.25) is 0 Å². The summed E-state index contributed by atoms with van der Waals surface area (Å²) in [5, 5.41) is 3.44. The summed E-state index contributed by atoms with van der Waals surface area (Å²) in [5.41, 5.74) is -0.630. The third-order valence-corrected chi connectivity index (χ3v) is 3.85. The van der Waals surface area contributed by atoms with Crippen LogP contribution in [0.5, 0.6) is 0 Å². The average Bonchev–Trinajstić information content (AvgIpc) is 3.18. The molecule has 21 heavy (non-hydrogen) atoms. The number of hydrogen-bond acceptors (Lipinski definition) is 4. The van der Waals surface area contributed by atoms with Gasteiger partial charge in [0.15, 0.2) is 0 Å². The molecule has 0 aromatic carbocycles. The van der Waals surface area contributed by atoms with E-state index in [1.807, 2.05) is 20.8 Å². The molecule has 0 saturated heterocycles. The van der Waals surface area contributed by atoms with Gasteiger partial charge >= 0.3 is 5.97 Å². The molecule has 0 amide bonds. The van der Waals surface area contributed by atoms with Crippen LogP contribution >= 0.6 is 0 Å². The van der Waals surface area contributed by atoms with Crippen molar-refractivity contribution in [3.8, 4) is 0 Å². The van der Waals surface area contributed by atoms with Crippen molar-refractivity contribution in [3.63, 3.8) is 0 Å². The van der Waals surface area contributed by atoms with Crippen LogP contribution in [-0.4, -0.2) is 36.9 Å². The van der Waals surface area contributed by atoms with Gasteiger partial charge < -0.3 is 9.47 Å². The summed E-state index contributed by atoms with van der Waals surface area (Å²) in [4.78, 5) is 12.2. The molecule has 0 heterocycles. The second kappa shape index (κ2) is 8.74. The van der Waals surface area contributed by atoms with Gasteiger partial charge in [-0.2, -0.15) is 0 Å². The van der Waals surface area contributed by atoms with Crippen molar-refractivity contribution in [3.05, 3.63) is 0 Å². The first-order valence-electron chi connectivity index (χ1n) is 8.44. The zero-order valence-corrected chi connectivity index (χ0v) is 14.4. The van der Waals surface area contributed by atoms with Gasteiger partial charge in [-0.15, -0.1) is 0 Å². The minimum absolute atomic E-state index is 0.0535. The molecule has 1 rings (SSSR count). The summed E-state index contributed by atoms with van der Waals surface area (Å²) < 4.78 is 11.1. The van der Waals surface area contributed by atoms with Gasteiger partial charge in [-0.05, 0) is 52.4 Å². The van der Waals surface area contributed by atoms with Crippen LogP contribution in [0.1, 0.15) is 66.7 Å². The summed E-state index contributed by atoms with van der Waals surface area (Å²) in [6, 6.07) is 0.465. The van der Waals surface area contributed by atoms with Crippen LogP contribution in [-0.2, 0) is 14.3 Å². The predicted octanol–water partition coefficient (Wildman–Crippen LogP) is 3.29. The molecule has 0 bridgehead atoms. The normalized spacial score (nSPS) is 19.3. The molecule has 1 N–H and O–H groups in total. The number of carbonyl (C=O) groups excluding carboxylic acids is 1. The van der Waals surface area contributed by atoms with E-state index in [-0.39, 0.29) is 12.1 Å². The molecule has 1 saturated carbocycles. The van der Waals surface area contributed by atoms with Crippen molar-refractivity contribution < 1.29 is 14.3 Å². The van der Waals surface area contributed by atoms with E-state index < -0.39 is 5.54 Å². The van der Waals surface area contributed by atoms with Crippen LogP contribution < -0.4 is 5.32 Å². The van der Waals surface area contributed by atoms with E-state index in [2.05, 4.69) is 19.2 Å². The van der Waals surface area contributed by atoms with Crippen LogP contribution in [0, 0.1) is 5.92 Å². The molecule has 2 unspecified atom stereocenters. The lowest BCUT2D eigenvalue weighted by molar-refractivity contribution is -0.152. The first kappa shape index (κ1) is 18.4. The molecule has 4 heteroatoms. The number of rotatable bonds is 11. The van der Waals surface area contributed by atoms with Crippen LogP contribution in [0.2, 0.25) is 0 Å². The fraction of sp³-hybridized carbons (Fsp3) is 0.941.